The predicted octanol–water partition coefficient (Wildman–Crippen LogP) is 3.86. The summed E-state index contributed by atoms with van der Waals surface area (Å²) in [5, 5.41) is 5.59. The molecular weight excluding hydrogens is 556 g/mol. The summed E-state index contributed by atoms with van der Waals surface area (Å²) in [5.74, 6) is 0.107. The molecule has 1 saturated heterocycles. The van der Waals surface area contributed by atoms with E-state index in [1.54, 1.807) is 27.4 Å². The van der Waals surface area contributed by atoms with Gasteiger partial charge >= 0.3 is 6.18 Å². The fourth-order valence-electron chi connectivity index (χ4n) is 5.10. The molecule has 3 heterocycles. The average molecular weight is 593 g/mol. The maximum Gasteiger partial charge on any atom is 0.419 e. The monoisotopic (exact) mass is 592 g/mol. The minimum atomic E-state index is -4.82. The Morgan fingerprint density at radius 3 is 2.55 bits per heavy atom. The van der Waals surface area contributed by atoms with Crippen molar-refractivity contribution in [1.29, 1.82) is 0 Å². The number of hydrogen-bond acceptors (Lipinski definition) is 8. The van der Waals surface area contributed by atoms with Gasteiger partial charge in [-0.25, -0.2) is 19.3 Å². The number of piperidine rings is 1. The van der Waals surface area contributed by atoms with E-state index in [-0.39, 0.29) is 17.4 Å². The fourth-order valence-corrected chi connectivity index (χ4v) is 5.10. The second kappa shape index (κ2) is 13.5. The third kappa shape index (κ3) is 6.98. The van der Waals surface area contributed by atoms with Gasteiger partial charge in [0.05, 0.1) is 17.9 Å². The summed E-state index contributed by atoms with van der Waals surface area (Å²) in [5.41, 5.74) is -0.402. The highest BCUT2D eigenvalue weighted by Crippen LogP contribution is 2.36. The fraction of sp³-hybridized carbons (Fsp3) is 0.500. The first-order valence-corrected chi connectivity index (χ1v) is 13.7. The SMILES string of the molecule is CNC(=O)c1c(NC)ncnc1N1CCC(c2nc(-c3ccc(F)c(C(F)(F)F)c3)cn2CCN(C)CCOC)CC1. The van der Waals surface area contributed by atoms with Crippen molar-refractivity contribution in [2.75, 3.05) is 71.3 Å². The quantitative estimate of drug-likeness (QED) is 0.324. The van der Waals surface area contributed by atoms with E-state index in [0.717, 1.165) is 24.5 Å². The molecule has 0 bridgehead atoms. The van der Waals surface area contributed by atoms with Crippen LogP contribution in [0, 0.1) is 5.82 Å². The van der Waals surface area contributed by atoms with E-state index in [0.29, 0.717) is 68.5 Å². The largest absolute Gasteiger partial charge is 0.419 e. The molecule has 1 aliphatic rings. The van der Waals surface area contributed by atoms with E-state index >= 15 is 0 Å². The van der Waals surface area contributed by atoms with Crippen molar-refractivity contribution in [2.45, 2.75) is 31.5 Å². The minimum absolute atomic E-state index is 0.0101. The molecule has 4 rings (SSSR count). The number of carbonyl (C=O) groups is 1. The van der Waals surface area contributed by atoms with E-state index in [1.165, 1.54) is 12.4 Å². The van der Waals surface area contributed by atoms with Gasteiger partial charge in [0, 0.05) is 71.6 Å². The number of likely N-dealkylation sites (N-methyl/N-ethyl adjacent to an activating group) is 1. The molecule has 42 heavy (non-hydrogen) atoms. The van der Waals surface area contributed by atoms with Gasteiger partial charge in [-0.2, -0.15) is 13.2 Å². The van der Waals surface area contributed by atoms with Crippen LogP contribution in [0.25, 0.3) is 11.3 Å². The zero-order valence-electron chi connectivity index (χ0n) is 24.1. The van der Waals surface area contributed by atoms with Gasteiger partial charge in [-0.3, -0.25) is 4.79 Å². The van der Waals surface area contributed by atoms with Gasteiger partial charge in [-0.15, -0.1) is 0 Å². The Labute approximate surface area is 242 Å². The molecule has 0 aliphatic carbocycles. The first-order valence-electron chi connectivity index (χ1n) is 13.7. The van der Waals surface area contributed by atoms with E-state index in [9.17, 15) is 22.4 Å². The van der Waals surface area contributed by atoms with Crippen LogP contribution in [0.5, 0.6) is 0 Å². The number of hydrogen-bond donors (Lipinski definition) is 2. The standard InChI is InChI=1S/C28H36F4N8O2/c1-33-24-23(27(41)34-2)26(36-17-35-24)39-9-7-18(8-10-39)25-37-22(16-40(25)12-11-38(3)13-14-42-4)19-5-6-21(29)20(15-19)28(30,31)32/h5-6,15-18H,7-14H2,1-4H3,(H,34,41)(H,33,35,36). The molecule has 1 aliphatic heterocycles. The summed E-state index contributed by atoms with van der Waals surface area (Å²) in [6.45, 7) is 3.70. The zero-order valence-corrected chi connectivity index (χ0v) is 24.1. The Morgan fingerprint density at radius 2 is 1.90 bits per heavy atom. The molecule has 0 radical (unpaired) electrons. The lowest BCUT2D eigenvalue weighted by atomic mass is 9.95. The van der Waals surface area contributed by atoms with Crippen LogP contribution in [-0.4, -0.2) is 91.4 Å². The van der Waals surface area contributed by atoms with Gasteiger partial charge < -0.3 is 29.7 Å². The van der Waals surface area contributed by atoms with E-state index in [1.807, 2.05) is 16.5 Å². The van der Waals surface area contributed by atoms with Gasteiger partial charge in [-0.1, -0.05) is 0 Å². The van der Waals surface area contributed by atoms with Crippen LogP contribution in [0.15, 0.2) is 30.7 Å². The molecule has 3 aromatic rings. The first-order chi connectivity index (χ1) is 20.1. The summed E-state index contributed by atoms with van der Waals surface area (Å²) in [6, 6.07) is 2.97. The van der Waals surface area contributed by atoms with Crippen LogP contribution in [0.4, 0.5) is 29.2 Å². The highest BCUT2D eigenvalue weighted by molar-refractivity contribution is 6.03. The van der Waals surface area contributed by atoms with E-state index in [2.05, 4.69) is 25.5 Å². The molecule has 1 amide bonds. The van der Waals surface area contributed by atoms with Crippen molar-refractivity contribution in [3.8, 4) is 11.3 Å². The molecule has 1 fully saturated rings. The number of rotatable bonds is 11. The van der Waals surface area contributed by atoms with Crippen molar-refractivity contribution < 1.29 is 27.1 Å². The molecule has 228 valence electrons. The second-order valence-corrected chi connectivity index (χ2v) is 10.2. The maximum absolute atomic E-state index is 14.0. The normalized spacial score (nSPS) is 14.5. The van der Waals surface area contributed by atoms with Gasteiger partial charge in [0.15, 0.2) is 0 Å². The molecular formula is C28H36F4N8O2. The van der Waals surface area contributed by atoms with Crippen LogP contribution in [0.2, 0.25) is 0 Å². The smallest absolute Gasteiger partial charge is 0.383 e. The number of halogens is 4. The number of benzene rings is 1. The maximum atomic E-state index is 14.0. The Hall–Kier alpha value is -3.78. The lowest BCUT2D eigenvalue weighted by Crippen LogP contribution is -2.36. The van der Waals surface area contributed by atoms with Gasteiger partial charge in [0.1, 0.15) is 35.2 Å². The van der Waals surface area contributed by atoms with Crippen LogP contribution in [-0.2, 0) is 17.5 Å². The summed E-state index contributed by atoms with van der Waals surface area (Å²) >= 11 is 0. The van der Waals surface area contributed by atoms with Crippen molar-refractivity contribution in [2.24, 2.45) is 0 Å². The number of anilines is 2. The molecule has 0 unspecified atom stereocenters. The van der Waals surface area contributed by atoms with Gasteiger partial charge in [0.25, 0.3) is 5.91 Å². The summed E-state index contributed by atoms with van der Waals surface area (Å²) < 4.78 is 61.4. The lowest BCUT2D eigenvalue weighted by molar-refractivity contribution is -0.139. The zero-order chi connectivity index (χ0) is 30.4. The first kappa shape index (κ1) is 31.2. The summed E-state index contributed by atoms with van der Waals surface area (Å²) in [6.07, 6.45) is -0.300. The number of ether oxygens (including phenoxy) is 1. The van der Waals surface area contributed by atoms with Crippen molar-refractivity contribution in [1.82, 2.24) is 29.7 Å². The number of nitrogens with one attached hydrogen (secondary N) is 2. The number of amides is 1. The molecule has 2 N–H and O–H groups in total. The highest BCUT2D eigenvalue weighted by Gasteiger charge is 2.35. The Kier molecular flexibility index (Phi) is 9.99. The number of alkyl halides is 3. The molecule has 2 aromatic heterocycles. The van der Waals surface area contributed by atoms with E-state index in [4.69, 9.17) is 9.72 Å². The number of aromatic nitrogens is 4. The molecule has 14 heteroatoms. The molecule has 10 nitrogen and oxygen atoms in total. The van der Waals surface area contributed by atoms with Gasteiger partial charge in [-0.05, 0) is 38.1 Å². The van der Waals surface area contributed by atoms with Gasteiger partial charge in [0.2, 0.25) is 0 Å². The summed E-state index contributed by atoms with van der Waals surface area (Å²) in [7, 11) is 6.84. The van der Waals surface area contributed by atoms with Crippen LogP contribution < -0.4 is 15.5 Å². The lowest BCUT2D eigenvalue weighted by Gasteiger charge is -2.33. The van der Waals surface area contributed by atoms with Crippen LogP contribution in [0.3, 0.4) is 0 Å². The number of nitrogens with zero attached hydrogens (tertiary/aromatic N) is 6. The highest BCUT2D eigenvalue weighted by atomic mass is 19.4. The molecule has 1 aromatic carbocycles. The van der Waals surface area contributed by atoms with Crippen LogP contribution in [0.1, 0.15) is 40.5 Å². The molecule has 0 atom stereocenters. The summed E-state index contributed by atoms with van der Waals surface area (Å²) in [4.78, 5) is 30.2. The molecule has 0 spiro atoms. The Balaban J connectivity index is 1.61. The van der Waals surface area contributed by atoms with Crippen LogP contribution >= 0.6 is 0 Å². The van der Waals surface area contributed by atoms with E-state index < -0.39 is 17.6 Å². The third-order valence-corrected chi connectivity index (χ3v) is 7.45. The Bertz CT molecular complexity index is 1370. The predicted molar refractivity (Wildman–Crippen MR) is 151 cm³/mol. The Morgan fingerprint density at radius 1 is 1.17 bits per heavy atom. The van der Waals surface area contributed by atoms with Crippen molar-refractivity contribution in [3.05, 3.63) is 53.5 Å². The number of carbonyl (C=O) groups excluding carboxylic acids is 1. The topological polar surface area (TPSA) is 100 Å². The molecule has 0 saturated carbocycles. The van der Waals surface area contributed by atoms with Crippen molar-refractivity contribution in [3.63, 3.8) is 0 Å². The minimum Gasteiger partial charge on any atom is -0.383 e. The number of methoxy groups -OCH3 is 1. The average Bonchev–Trinajstić information content (AvgIpc) is 3.42. The van der Waals surface area contributed by atoms with Crippen molar-refractivity contribution >= 4 is 17.5 Å². The second-order valence-electron chi connectivity index (χ2n) is 10.2. The third-order valence-electron chi connectivity index (χ3n) is 7.45. The number of imidazole rings is 1.